The third kappa shape index (κ3) is 3.57. The highest BCUT2D eigenvalue weighted by atomic mass is 32.2. The Kier molecular flexibility index (Phi) is 6.12. The summed E-state index contributed by atoms with van der Waals surface area (Å²) in [5.74, 6) is 2.97. The molecular weight excluding hydrogens is 292 g/mol. The smallest absolute Gasteiger partial charge is 0.151 e. The molecule has 0 bridgehead atoms. The Labute approximate surface area is 137 Å². The molecule has 0 saturated carbocycles. The van der Waals surface area contributed by atoms with Crippen LogP contribution in [-0.4, -0.2) is 26.5 Å². The van der Waals surface area contributed by atoms with Gasteiger partial charge in [0, 0.05) is 18.7 Å². The molecule has 0 amide bonds. The Morgan fingerprint density at radius 1 is 1.14 bits per heavy atom. The van der Waals surface area contributed by atoms with Crippen LogP contribution in [0.4, 0.5) is 5.82 Å². The number of fused-ring (bicyclic) bond motifs is 1. The summed E-state index contributed by atoms with van der Waals surface area (Å²) in [5, 5.41) is 0. The molecule has 2 aromatic heterocycles. The van der Waals surface area contributed by atoms with Crippen molar-refractivity contribution in [2.45, 2.75) is 59.4 Å². The summed E-state index contributed by atoms with van der Waals surface area (Å²) in [6, 6.07) is 0. The van der Waals surface area contributed by atoms with Crippen LogP contribution in [-0.2, 0) is 13.0 Å². The van der Waals surface area contributed by atoms with Gasteiger partial charge in [0.15, 0.2) is 5.82 Å². The minimum Gasteiger partial charge on any atom is -0.382 e. The van der Waals surface area contributed by atoms with E-state index in [1.54, 1.807) is 0 Å². The molecule has 4 nitrogen and oxygen atoms in total. The second-order valence-electron chi connectivity index (χ2n) is 5.89. The van der Waals surface area contributed by atoms with E-state index in [1.807, 2.05) is 18.7 Å². The van der Waals surface area contributed by atoms with Crippen molar-refractivity contribution < 1.29 is 0 Å². The number of hydrogen-bond donors (Lipinski definition) is 1. The quantitative estimate of drug-likeness (QED) is 0.743. The molecule has 0 unspecified atom stereocenters. The molecule has 2 rings (SSSR count). The fourth-order valence-electron chi connectivity index (χ4n) is 2.90. The van der Waals surface area contributed by atoms with Crippen LogP contribution < -0.4 is 5.73 Å². The maximum absolute atomic E-state index is 6.11. The number of aromatic nitrogens is 3. The number of nitrogens with two attached hydrogens (primary N) is 1. The molecule has 0 aliphatic rings. The summed E-state index contributed by atoms with van der Waals surface area (Å²) in [6.45, 7) is 7.39. The number of thioether (sulfide) groups is 1. The molecule has 0 spiro atoms. The predicted octanol–water partition coefficient (Wildman–Crippen LogP) is 4.12. The van der Waals surface area contributed by atoms with Crippen LogP contribution in [0.2, 0.25) is 0 Å². The lowest BCUT2D eigenvalue weighted by molar-refractivity contribution is 0.589. The number of nitrogen functional groups attached to an aromatic ring is 1. The van der Waals surface area contributed by atoms with Gasteiger partial charge in [0.2, 0.25) is 0 Å². The van der Waals surface area contributed by atoms with Gasteiger partial charge in [0.1, 0.15) is 11.3 Å². The summed E-state index contributed by atoms with van der Waals surface area (Å²) < 4.78 is 2.39. The minimum absolute atomic E-state index is 0.566. The molecule has 2 aromatic rings. The molecular formula is C17H28N4S. The van der Waals surface area contributed by atoms with Crippen LogP contribution in [0.25, 0.3) is 11.0 Å². The van der Waals surface area contributed by atoms with E-state index < -0.39 is 0 Å². The zero-order valence-corrected chi connectivity index (χ0v) is 15.1. The lowest BCUT2D eigenvalue weighted by atomic mass is 10.2. The molecule has 0 radical (unpaired) electrons. The topological polar surface area (TPSA) is 56.7 Å². The largest absolute Gasteiger partial charge is 0.382 e. The lowest BCUT2D eigenvalue weighted by Crippen LogP contribution is -2.06. The first-order valence-corrected chi connectivity index (χ1v) is 9.60. The van der Waals surface area contributed by atoms with E-state index >= 15 is 0 Å². The van der Waals surface area contributed by atoms with E-state index in [0.29, 0.717) is 5.82 Å². The van der Waals surface area contributed by atoms with Crippen molar-refractivity contribution in [1.29, 1.82) is 0 Å². The highest BCUT2D eigenvalue weighted by Crippen LogP contribution is 2.27. The molecule has 0 fully saturated rings. The highest BCUT2D eigenvalue weighted by Gasteiger charge is 2.16. The maximum atomic E-state index is 6.11. The van der Waals surface area contributed by atoms with E-state index in [1.165, 1.54) is 36.1 Å². The molecule has 5 heteroatoms. The first-order chi connectivity index (χ1) is 10.6. The fourth-order valence-corrected chi connectivity index (χ4v) is 3.39. The van der Waals surface area contributed by atoms with Gasteiger partial charge < -0.3 is 10.3 Å². The fraction of sp³-hybridized carbons (Fsp3) is 0.647. The lowest BCUT2D eigenvalue weighted by Gasteiger charge is -2.11. The van der Waals surface area contributed by atoms with Crippen molar-refractivity contribution in [2.24, 2.45) is 0 Å². The van der Waals surface area contributed by atoms with Gasteiger partial charge in [-0.3, -0.25) is 0 Å². The third-order valence-corrected chi connectivity index (χ3v) is 4.88. The van der Waals surface area contributed by atoms with Crippen molar-refractivity contribution in [3.8, 4) is 0 Å². The van der Waals surface area contributed by atoms with Crippen LogP contribution in [0.15, 0.2) is 0 Å². The molecule has 0 saturated heterocycles. The van der Waals surface area contributed by atoms with E-state index in [9.17, 15) is 0 Å². The van der Waals surface area contributed by atoms with Crippen molar-refractivity contribution in [3.05, 3.63) is 17.1 Å². The second kappa shape index (κ2) is 7.86. The molecule has 22 heavy (non-hydrogen) atoms. The standard InChI is InChI=1S/C17H28N4S/c1-5-9-14-20-15-16(12(2)13(3)19-17(15)18)21(14)10-7-6-8-11-22-4/h5-11H2,1-4H3,(H2,18,19). The normalized spacial score (nSPS) is 11.5. The first-order valence-electron chi connectivity index (χ1n) is 8.20. The number of rotatable bonds is 8. The van der Waals surface area contributed by atoms with Gasteiger partial charge in [-0.1, -0.05) is 13.3 Å². The predicted molar refractivity (Wildman–Crippen MR) is 97.6 cm³/mol. The van der Waals surface area contributed by atoms with Crippen molar-refractivity contribution >= 4 is 28.6 Å². The average Bonchev–Trinajstić information content (AvgIpc) is 2.84. The first kappa shape index (κ1) is 17.1. The van der Waals surface area contributed by atoms with Gasteiger partial charge >= 0.3 is 0 Å². The summed E-state index contributed by atoms with van der Waals surface area (Å²) in [5.41, 5.74) is 10.4. The Morgan fingerprint density at radius 2 is 1.91 bits per heavy atom. The van der Waals surface area contributed by atoms with Gasteiger partial charge in [0.05, 0.1) is 5.52 Å². The molecule has 0 aliphatic carbocycles. The number of hydrogen-bond acceptors (Lipinski definition) is 4. The van der Waals surface area contributed by atoms with E-state index in [-0.39, 0.29) is 0 Å². The van der Waals surface area contributed by atoms with Gasteiger partial charge in [0.25, 0.3) is 0 Å². The number of pyridine rings is 1. The third-order valence-electron chi connectivity index (χ3n) is 4.18. The molecule has 122 valence electrons. The Hall–Kier alpha value is -1.23. The number of nitrogens with zero attached hydrogens (tertiary/aromatic N) is 3. The van der Waals surface area contributed by atoms with Crippen LogP contribution in [0.3, 0.4) is 0 Å². The Balaban J connectivity index is 2.34. The van der Waals surface area contributed by atoms with E-state index in [4.69, 9.17) is 10.7 Å². The van der Waals surface area contributed by atoms with Crippen LogP contribution in [0.5, 0.6) is 0 Å². The maximum Gasteiger partial charge on any atom is 0.151 e. The zero-order chi connectivity index (χ0) is 16.1. The molecule has 0 atom stereocenters. The van der Waals surface area contributed by atoms with Crippen molar-refractivity contribution in [1.82, 2.24) is 14.5 Å². The van der Waals surface area contributed by atoms with Gasteiger partial charge in [-0.15, -0.1) is 0 Å². The van der Waals surface area contributed by atoms with Crippen LogP contribution >= 0.6 is 11.8 Å². The summed E-state index contributed by atoms with van der Waals surface area (Å²) in [7, 11) is 0. The van der Waals surface area contributed by atoms with Crippen LogP contribution in [0.1, 0.15) is 49.7 Å². The molecule has 0 aliphatic heterocycles. The van der Waals surface area contributed by atoms with Gasteiger partial charge in [-0.25, -0.2) is 9.97 Å². The summed E-state index contributed by atoms with van der Waals surface area (Å²) in [6.07, 6.45) is 8.02. The van der Waals surface area contributed by atoms with E-state index in [0.717, 1.165) is 36.4 Å². The van der Waals surface area contributed by atoms with Crippen molar-refractivity contribution in [3.63, 3.8) is 0 Å². The van der Waals surface area contributed by atoms with Gasteiger partial charge in [-0.05, 0) is 50.7 Å². The summed E-state index contributed by atoms with van der Waals surface area (Å²) in [4.78, 5) is 9.23. The number of aryl methyl sites for hydroxylation is 4. The molecule has 2 N–H and O–H groups in total. The molecule has 0 aromatic carbocycles. The number of imidazole rings is 1. The average molecular weight is 321 g/mol. The Bertz CT molecular complexity index is 633. The SMILES string of the molecule is CCCc1nc2c(N)nc(C)c(C)c2n1CCCCCSC. The Morgan fingerprint density at radius 3 is 2.59 bits per heavy atom. The van der Waals surface area contributed by atoms with Crippen molar-refractivity contribution in [2.75, 3.05) is 17.7 Å². The summed E-state index contributed by atoms with van der Waals surface area (Å²) >= 11 is 1.93. The minimum atomic E-state index is 0.566. The van der Waals surface area contributed by atoms with Crippen LogP contribution in [0, 0.1) is 13.8 Å². The van der Waals surface area contributed by atoms with Gasteiger partial charge in [-0.2, -0.15) is 11.8 Å². The number of anilines is 1. The monoisotopic (exact) mass is 320 g/mol. The van der Waals surface area contributed by atoms with E-state index in [2.05, 4.69) is 29.7 Å². The highest BCUT2D eigenvalue weighted by molar-refractivity contribution is 7.98. The number of unbranched alkanes of at least 4 members (excludes halogenated alkanes) is 2. The zero-order valence-electron chi connectivity index (χ0n) is 14.3. The second-order valence-corrected chi connectivity index (χ2v) is 6.87. The molecule has 2 heterocycles.